The number of nitrogens with two attached hydrogens (primary N) is 1. The van der Waals surface area contributed by atoms with Gasteiger partial charge in [0.1, 0.15) is 5.69 Å². The maximum absolute atomic E-state index is 10.4. The lowest BCUT2D eigenvalue weighted by Gasteiger charge is -2.10. The number of aromatic nitrogens is 3. The van der Waals surface area contributed by atoms with Gasteiger partial charge in [0.25, 0.3) is 0 Å². The normalized spacial score (nSPS) is 14.8. The van der Waals surface area contributed by atoms with Crippen LogP contribution in [0, 0.1) is 0 Å². The van der Waals surface area contributed by atoms with Crippen LogP contribution in [0.4, 0.5) is 11.8 Å². The summed E-state index contributed by atoms with van der Waals surface area (Å²) in [6.45, 7) is 1.54. The Morgan fingerprint density at radius 3 is 3.00 bits per heavy atom. The van der Waals surface area contributed by atoms with Crippen LogP contribution >= 0.6 is 0 Å². The van der Waals surface area contributed by atoms with E-state index in [1.807, 2.05) is 26.2 Å². The third-order valence-corrected chi connectivity index (χ3v) is 3.70. The molecular weight excluding hydrogens is 292 g/mol. The molecule has 3 N–H and O–H groups in total. The summed E-state index contributed by atoms with van der Waals surface area (Å²) in [5.41, 5.74) is 8.17. The Bertz CT molecular complexity index is 775. The van der Waals surface area contributed by atoms with Gasteiger partial charge in [-0.2, -0.15) is 0 Å². The molecule has 0 unspecified atom stereocenters. The molecule has 0 aromatic carbocycles. The maximum atomic E-state index is 10.4. The number of anilines is 1. The van der Waals surface area contributed by atoms with Crippen molar-refractivity contribution in [1.82, 2.24) is 19.4 Å². The zero-order valence-electron chi connectivity index (χ0n) is 13.3. The molecule has 7 heteroatoms. The number of pyridine rings is 1. The van der Waals surface area contributed by atoms with Gasteiger partial charge in [-0.05, 0) is 45.3 Å². The van der Waals surface area contributed by atoms with Crippen molar-refractivity contribution in [1.29, 1.82) is 0 Å². The molecule has 7 nitrogen and oxygen atoms in total. The summed E-state index contributed by atoms with van der Waals surface area (Å²) in [7, 11) is 4.02. The Morgan fingerprint density at radius 2 is 2.22 bits per heavy atom. The minimum absolute atomic E-state index is 0.0829. The molecule has 0 saturated carbocycles. The molecule has 0 aliphatic carbocycles. The minimum atomic E-state index is 0.0829. The molecule has 1 aliphatic heterocycles. The van der Waals surface area contributed by atoms with Crippen molar-refractivity contribution >= 4 is 29.6 Å². The zero-order valence-corrected chi connectivity index (χ0v) is 13.3. The highest BCUT2D eigenvalue weighted by atomic mass is 16.3. The molecule has 0 amide bonds. The van der Waals surface area contributed by atoms with Crippen LogP contribution in [0.5, 0.6) is 5.88 Å². The van der Waals surface area contributed by atoms with Crippen molar-refractivity contribution in [3.63, 3.8) is 0 Å². The highest BCUT2D eigenvalue weighted by Crippen LogP contribution is 2.32. The minimum Gasteiger partial charge on any atom is -0.493 e. The molecule has 0 bridgehead atoms. The number of hydrogen-bond acceptors (Lipinski definition) is 6. The number of nitrogen functional groups attached to an aromatic ring is 1. The molecule has 0 saturated heterocycles. The Hall–Kier alpha value is -2.67. The SMILES string of the molecule is CN(C)CCCn1c(N)nc(C=C2C=Nc3ncccc32)c1O. The largest absolute Gasteiger partial charge is 0.493 e. The number of allylic oxidation sites excluding steroid dienone is 1. The molecular formula is C16H20N6O. The van der Waals surface area contributed by atoms with E-state index in [2.05, 4.69) is 19.9 Å². The lowest BCUT2D eigenvalue weighted by Crippen LogP contribution is -2.15. The topological polar surface area (TPSA) is 92.6 Å². The van der Waals surface area contributed by atoms with Gasteiger partial charge in [-0.15, -0.1) is 0 Å². The number of fused-ring (bicyclic) bond motifs is 1. The van der Waals surface area contributed by atoms with Crippen LogP contribution in [-0.4, -0.2) is 51.4 Å². The lowest BCUT2D eigenvalue weighted by molar-refractivity contribution is 0.369. The Kier molecular flexibility index (Phi) is 4.12. The highest BCUT2D eigenvalue weighted by Gasteiger charge is 2.17. The summed E-state index contributed by atoms with van der Waals surface area (Å²) >= 11 is 0. The highest BCUT2D eigenvalue weighted by molar-refractivity contribution is 6.20. The molecule has 2 aromatic rings. The van der Waals surface area contributed by atoms with Crippen LogP contribution in [0.1, 0.15) is 17.7 Å². The molecule has 3 heterocycles. The maximum Gasteiger partial charge on any atom is 0.220 e. The van der Waals surface area contributed by atoms with Gasteiger partial charge in [0.2, 0.25) is 11.8 Å². The fraction of sp³-hybridized carbons (Fsp3) is 0.312. The van der Waals surface area contributed by atoms with Crippen molar-refractivity contribution in [2.24, 2.45) is 4.99 Å². The van der Waals surface area contributed by atoms with Gasteiger partial charge in [-0.3, -0.25) is 4.57 Å². The van der Waals surface area contributed by atoms with E-state index in [1.54, 1.807) is 23.1 Å². The fourth-order valence-corrected chi connectivity index (χ4v) is 2.53. The van der Waals surface area contributed by atoms with E-state index in [0.29, 0.717) is 24.0 Å². The first kappa shape index (κ1) is 15.2. The molecule has 0 fully saturated rings. The molecule has 1 aliphatic rings. The zero-order chi connectivity index (χ0) is 16.4. The van der Waals surface area contributed by atoms with Crippen LogP contribution in [0.25, 0.3) is 11.6 Å². The van der Waals surface area contributed by atoms with E-state index in [9.17, 15) is 5.11 Å². The van der Waals surface area contributed by atoms with Crippen LogP contribution < -0.4 is 5.73 Å². The van der Waals surface area contributed by atoms with E-state index in [1.165, 1.54) is 0 Å². The number of rotatable bonds is 5. The smallest absolute Gasteiger partial charge is 0.220 e. The van der Waals surface area contributed by atoms with E-state index in [0.717, 1.165) is 24.1 Å². The van der Waals surface area contributed by atoms with Crippen LogP contribution in [0.15, 0.2) is 23.3 Å². The fourth-order valence-electron chi connectivity index (χ4n) is 2.53. The van der Waals surface area contributed by atoms with E-state index in [4.69, 9.17) is 5.73 Å². The summed E-state index contributed by atoms with van der Waals surface area (Å²) in [6, 6.07) is 3.80. The molecule has 0 atom stereocenters. The van der Waals surface area contributed by atoms with Gasteiger partial charge in [-0.1, -0.05) is 0 Å². The second kappa shape index (κ2) is 6.21. The Balaban J connectivity index is 1.85. The lowest BCUT2D eigenvalue weighted by atomic mass is 10.1. The Labute approximate surface area is 134 Å². The van der Waals surface area contributed by atoms with E-state index < -0.39 is 0 Å². The number of aromatic hydroxyl groups is 1. The summed E-state index contributed by atoms with van der Waals surface area (Å²) in [5, 5.41) is 10.4. The molecule has 3 rings (SSSR count). The van der Waals surface area contributed by atoms with Crippen LogP contribution in [0.3, 0.4) is 0 Å². The predicted molar refractivity (Wildman–Crippen MR) is 91.7 cm³/mol. The third-order valence-electron chi connectivity index (χ3n) is 3.70. The van der Waals surface area contributed by atoms with Crippen molar-refractivity contribution < 1.29 is 5.11 Å². The van der Waals surface area contributed by atoms with Crippen molar-refractivity contribution in [2.45, 2.75) is 13.0 Å². The standard InChI is InChI=1S/C16H20N6O/c1-21(2)7-4-8-22-15(23)13(20-16(22)17)9-11-10-19-14-12(11)5-3-6-18-14/h3,5-6,9-10,23H,4,7-8H2,1-2H3,(H2,17,20). The first-order valence-electron chi connectivity index (χ1n) is 7.47. The molecule has 23 heavy (non-hydrogen) atoms. The molecule has 120 valence electrons. The average molecular weight is 312 g/mol. The van der Waals surface area contributed by atoms with E-state index >= 15 is 0 Å². The summed E-state index contributed by atoms with van der Waals surface area (Å²) in [6.07, 6.45) is 6.09. The summed E-state index contributed by atoms with van der Waals surface area (Å²) in [5.74, 6) is 1.07. The number of imidazole rings is 1. The number of aliphatic imine (C=N–C) groups is 1. The van der Waals surface area contributed by atoms with Gasteiger partial charge in [0.05, 0.1) is 0 Å². The van der Waals surface area contributed by atoms with E-state index in [-0.39, 0.29) is 5.88 Å². The van der Waals surface area contributed by atoms with Crippen molar-refractivity contribution in [3.8, 4) is 5.88 Å². The predicted octanol–water partition coefficient (Wildman–Crippen LogP) is 1.77. The summed E-state index contributed by atoms with van der Waals surface area (Å²) in [4.78, 5) is 14.8. The number of hydrogen-bond donors (Lipinski definition) is 2. The number of nitrogens with zero attached hydrogens (tertiary/aromatic N) is 5. The average Bonchev–Trinajstić information content (AvgIpc) is 3.04. The first-order chi connectivity index (χ1) is 11.1. The van der Waals surface area contributed by atoms with Crippen LogP contribution in [-0.2, 0) is 6.54 Å². The first-order valence-corrected chi connectivity index (χ1v) is 7.47. The Morgan fingerprint density at radius 1 is 1.39 bits per heavy atom. The van der Waals surface area contributed by atoms with Gasteiger partial charge in [0.15, 0.2) is 5.82 Å². The quantitative estimate of drug-likeness (QED) is 0.878. The van der Waals surface area contributed by atoms with Gasteiger partial charge in [-0.25, -0.2) is 15.0 Å². The van der Waals surface area contributed by atoms with Gasteiger partial charge >= 0.3 is 0 Å². The molecule has 0 radical (unpaired) electrons. The van der Waals surface area contributed by atoms with Gasteiger partial charge in [0, 0.05) is 30.1 Å². The second-order valence-electron chi connectivity index (χ2n) is 5.72. The second-order valence-corrected chi connectivity index (χ2v) is 5.72. The van der Waals surface area contributed by atoms with Crippen LogP contribution in [0.2, 0.25) is 0 Å². The third kappa shape index (κ3) is 3.09. The van der Waals surface area contributed by atoms with Gasteiger partial charge < -0.3 is 15.7 Å². The van der Waals surface area contributed by atoms with Crippen molar-refractivity contribution in [2.75, 3.05) is 26.4 Å². The monoisotopic (exact) mass is 312 g/mol. The summed E-state index contributed by atoms with van der Waals surface area (Å²) < 4.78 is 1.63. The molecule has 0 spiro atoms. The molecule has 2 aromatic heterocycles. The van der Waals surface area contributed by atoms with Crippen molar-refractivity contribution in [3.05, 3.63) is 29.6 Å².